The standard InChI is InChI=1S/C26H26Cl2N6O.ClH/c1-2-11-26(25(29)35)12-14-33(15-13-26)23-21-24(31-16-30-23)34(18-9-7-17(27)8-10-18)22(32-21)19-5-3-4-6-20(19)28;/h3-10,16H,2,11-15H2,1H3,(H2,29,35);1H. The van der Waals surface area contributed by atoms with Crippen molar-refractivity contribution in [1.82, 2.24) is 19.5 Å². The Kier molecular flexibility index (Phi) is 7.73. The van der Waals surface area contributed by atoms with Crippen LogP contribution in [0.1, 0.15) is 32.6 Å². The van der Waals surface area contributed by atoms with E-state index >= 15 is 0 Å². The molecular formula is C26H27Cl3N6O. The number of hydrogen-bond donors (Lipinski definition) is 1. The van der Waals surface area contributed by atoms with E-state index in [0.717, 1.165) is 29.9 Å². The minimum absolute atomic E-state index is 0. The van der Waals surface area contributed by atoms with Crippen LogP contribution in [0, 0.1) is 5.41 Å². The first-order valence-corrected chi connectivity index (χ1v) is 12.5. The molecule has 1 amide bonds. The molecule has 36 heavy (non-hydrogen) atoms. The van der Waals surface area contributed by atoms with Crippen molar-refractivity contribution in [2.24, 2.45) is 11.1 Å². The summed E-state index contributed by atoms with van der Waals surface area (Å²) in [5.41, 5.74) is 8.38. The van der Waals surface area contributed by atoms with Crippen molar-refractivity contribution < 1.29 is 4.79 Å². The van der Waals surface area contributed by atoms with Crippen molar-refractivity contribution in [3.63, 3.8) is 0 Å². The van der Waals surface area contributed by atoms with Crippen LogP contribution in [0.5, 0.6) is 0 Å². The van der Waals surface area contributed by atoms with Crippen LogP contribution in [0.4, 0.5) is 5.82 Å². The third-order valence-corrected chi connectivity index (χ3v) is 7.48. The van der Waals surface area contributed by atoms with Crippen LogP contribution in [-0.2, 0) is 4.79 Å². The maximum absolute atomic E-state index is 12.3. The molecule has 0 atom stereocenters. The Hall–Kier alpha value is -2.87. The van der Waals surface area contributed by atoms with Crippen LogP contribution in [-0.4, -0.2) is 38.5 Å². The van der Waals surface area contributed by atoms with E-state index in [1.807, 2.05) is 53.1 Å². The van der Waals surface area contributed by atoms with Crippen molar-refractivity contribution >= 4 is 58.5 Å². The molecule has 7 nitrogen and oxygen atoms in total. The average molecular weight is 546 g/mol. The van der Waals surface area contributed by atoms with Gasteiger partial charge in [0.05, 0.1) is 10.4 Å². The number of aromatic nitrogens is 4. The zero-order chi connectivity index (χ0) is 24.6. The molecule has 0 bridgehead atoms. The SMILES string of the molecule is CCCC1(C(N)=O)CCN(c2ncnc3c2nc(-c2ccccc2Cl)n3-c2ccc(Cl)cc2)CC1.Cl. The maximum atomic E-state index is 12.3. The van der Waals surface area contributed by atoms with Gasteiger partial charge in [0.1, 0.15) is 12.2 Å². The Morgan fingerprint density at radius 3 is 2.39 bits per heavy atom. The lowest BCUT2D eigenvalue weighted by Gasteiger charge is -2.40. The first kappa shape index (κ1) is 26.2. The maximum Gasteiger partial charge on any atom is 0.223 e. The average Bonchev–Trinajstić information content (AvgIpc) is 3.25. The molecule has 2 N–H and O–H groups in total. The van der Waals surface area contributed by atoms with E-state index in [0.29, 0.717) is 53.0 Å². The number of nitrogens with zero attached hydrogens (tertiary/aromatic N) is 5. The second kappa shape index (κ2) is 10.6. The number of anilines is 1. The third kappa shape index (κ3) is 4.63. The van der Waals surface area contributed by atoms with Crippen LogP contribution in [0.25, 0.3) is 28.2 Å². The molecule has 2 aromatic heterocycles. The molecular weight excluding hydrogens is 519 g/mol. The minimum atomic E-state index is -0.456. The number of imidazole rings is 1. The highest BCUT2D eigenvalue weighted by Crippen LogP contribution is 2.39. The monoisotopic (exact) mass is 544 g/mol. The lowest BCUT2D eigenvalue weighted by atomic mass is 9.74. The molecule has 3 heterocycles. The second-order valence-corrected chi connectivity index (χ2v) is 9.82. The Labute approximate surface area is 226 Å². The number of fused-ring (bicyclic) bond motifs is 1. The van der Waals surface area contributed by atoms with Crippen molar-refractivity contribution in [2.75, 3.05) is 18.0 Å². The number of amides is 1. The number of hydrogen-bond acceptors (Lipinski definition) is 5. The van der Waals surface area contributed by atoms with Gasteiger partial charge in [0.25, 0.3) is 0 Å². The van der Waals surface area contributed by atoms with Crippen molar-refractivity contribution in [1.29, 1.82) is 0 Å². The molecule has 2 aromatic carbocycles. The smallest absolute Gasteiger partial charge is 0.223 e. The number of nitrogens with two attached hydrogens (primary N) is 1. The summed E-state index contributed by atoms with van der Waals surface area (Å²) in [6, 6.07) is 15.1. The summed E-state index contributed by atoms with van der Waals surface area (Å²) in [5.74, 6) is 1.20. The van der Waals surface area contributed by atoms with E-state index in [9.17, 15) is 4.79 Å². The van der Waals surface area contributed by atoms with E-state index in [1.165, 1.54) is 0 Å². The molecule has 0 unspecified atom stereocenters. The van der Waals surface area contributed by atoms with E-state index in [4.69, 9.17) is 33.9 Å². The predicted molar refractivity (Wildman–Crippen MR) is 147 cm³/mol. The fourth-order valence-electron chi connectivity index (χ4n) is 5.01. The normalized spacial score (nSPS) is 15.0. The van der Waals surface area contributed by atoms with Gasteiger partial charge in [-0.15, -0.1) is 12.4 Å². The van der Waals surface area contributed by atoms with Crippen LogP contribution in [0.15, 0.2) is 54.9 Å². The molecule has 5 rings (SSSR count). The summed E-state index contributed by atoms with van der Waals surface area (Å²) in [6.07, 6.45) is 4.67. The van der Waals surface area contributed by atoms with Crippen LogP contribution in [0.3, 0.4) is 0 Å². The molecule has 4 aromatic rings. The lowest BCUT2D eigenvalue weighted by molar-refractivity contribution is -0.129. The highest BCUT2D eigenvalue weighted by atomic mass is 35.5. The van der Waals surface area contributed by atoms with Gasteiger partial charge in [-0.3, -0.25) is 9.36 Å². The second-order valence-electron chi connectivity index (χ2n) is 8.98. The number of primary amides is 1. The molecule has 1 aliphatic rings. The molecule has 1 fully saturated rings. The zero-order valence-corrected chi connectivity index (χ0v) is 22.2. The number of halogens is 3. The molecule has 1 saturated heterocycles. The Balaban J connectivity index is 0.00000304. The summed E-state index contributed by atoms with van der Waals surface area (Å²) in [7, 11) is 0. The summed E-state index contributed by atoms with van der Waals surface area (Å²) < 4.78 is 1.98. The minimum Gasteiger partial charge on any atom is -0.369 e. The van der Waals surface area contributed by atoms with Gasteiger partial charge in [-0.25, -0.2) is 15.0 Å². The fourth-order valence-corrected chi connectivity index (χ4v) is 5.36. The molecule has 0 saturated carbocycles. The largest absolute Gasteiger partial charge is 0.369 e. The topological polar surface area (TPSA) is 89.9 Å². The Morgan fingerprint density at radius 1 is 1.06 bits per heavy atom. The molecule has 0 aliphatic carbocycles. The number of benzene rings is 2. The van der Waals surface area contributed by atoms with Gasteiger partial charge in [-0.05, 0) is 55.7 Å². The van der Waals surface area contributed by atoms with E-state index in [-0.39, 0.29) is 18.3 Å². The first-order chi connectivity index (χ1) is 16.9. The van der Waals surface area contributed by atoms with E-state index in [2.05, 4.69) is 21.8 Å². The fraction of sp³-hybridized carbons (Fsp3) is 0.308. The summed E-state index contributed by atoms with van der Waals surface area (Å²) in [4.78, 5) is 28.7. The van der Waals surface area contributed by atoms with Gasteiger partial charge in [0.15, 0.2) is 17.0 Å². The number of piperidine rings is 1. The summed E-state index contributed by atoms with van der Waals surface area (Å²) in [6.45, 7) is 3.43. The number of rotatable bonds is 6. The van der Waals surface area contributed by atoms with Crippen LogP contribution < -0.4 is 10.6 Å². The molecule has 10 heteroatoms. The quantitative estimate of drug-likeness (QED) is 0.317. The number of carbonyl (C=O) groups is 1. The van der Waals surface area contributed by atoms with Gasteiger partial charge in [0.2, 0.25) is 5.91 Å². The predicted octanol–water partition coefficient (Wildman–Crippen LogP) is 6.08. The van der Waals surface area contributed by atoms with Gasteiger partial charge >= 0.3 is 0 Å². The third-order valence-electron chi connectivity index (χ3n) is 6.90. The van der Waals surface area contributed by atoms with Gasteiger partial charge in [0, 0.05) is 29.4 Å². The first-order valence-electron chi connectivity index (χ1n) is 11.7. The summed E-state index contributed by atoms with van der Waals surface area (Å²) >= 11 is 12.7. The Morgan fingerprint density at radius 2 is 1.75 bits per heavy atom. The van der Waals surface area contributed by atoms with Gasteiger partial charge < -0.3 is 10.6 Å². The highest BCUT2D eigenvalue weighted by Gasteiger charge is 2.39. The van der Waals surface area contributed by atoms with Crippen molar-refractivity contribution in [3.8, 4) is 17.1 Å². The van der Waals surface area contributed by atoms with Crippen molar-refractivity contribution in [3.05, 3.63) is 64.9 Å². The van der Waals surface area contributed by atoms with Crippen LogP contribution in [0.2, 0.25) is 10.0 Å². The van der Waals surface area contributed by atoms with Crippen molar-refractivity contribution in [2.45, 2.75) is 32.6 Å². The summed E-state index contributed by atoms with van der Waals surface area (Å²) in [5, 5.41) is 1.24. The molecule has 0 spiro atoms. The lowest BCUT2D eigenvalue weighted by Crippen LogP contribution is -2.47. The Bertz CT molecular complexity index is 1380. The molecule has 188 valence electrons. The molecule has 0 radical (unpaired) electrons. The highest BCUT2D eigenvalue weighted by molar-refractivity contribution is 6.33. The van der Waals surface area contributed by atoms with Gasteiger partial charge in [-0.2, -0.15) is 0 Å². The van der Waals surface area contributed by atoms with Crippen LogP contribution >= 0.6 is 35.6 Å². The van der Waals surface area contributed by atoms with E-state index in [1.54, 1.807) is 6.33 Å². The van der Waals surface area contributed by atoms with E-state index < -0.39 is 5.41 Å². The molecule has 1 aliphatic heterocycles. The zero-order valence-electron chi connectivity index (χ0n) is 19.8. The number of carbonyl (C=O) groups excluding carboxylic acids is 1. The van der Waals surface area contributed by atoms with Gasteiger partial charge in [-0.1, -0.05) is 48.7 Å².